The second kappa shape index (κ2) is 5.85. The Morgan fingerprint density at radius 2 is 2.14 bits per heavy atom. The van der Waals surface area contributed by atoms with Crippen LogP contribution in [0.1, 0.15) is 36.5 Å². The number of hydrogen-bond donors (Lipinski definition) is 0. The molecule has 0 spiro atoms. The van der Waals surface area contributed by atoms with Gasteiger partial charge in [-0.1, -0.05) is 30.1 Å². The summed E-state index contributed by atoms with van der Waals surface area (Å²) in [6, 6.07) is 3.66. The van der Waals surface area contributed by atoms with E-state index in [4.69, 9.17) is 27.9 Å². The number of rotatable bonds is 3. The van der Waals surface area contributed by atoms with Gasteiger partial charge in [-0.3, -0.25) is 0 Å². The lowest BCUT2D eigenvalue weighted by Gasteiger charge is -2.27. The highest BCUT2D eigenvalue weighted by Gasteiger charge is 2.28. The molecule has 0 amide bonds. The number of benzene rings is 1. The molecule has 1 atom stereocenters. The van der Waals surface area contributed by atoms with Gasteiger partial charge in [0, 0.05) is 30.9 Å². The average Bonchev–Trinajstić information content (AvgIpc) is 2.92. The number of hydrogen-bond acceptors (Lipinski definition) is 3. The molecule has 0 aliphatic carbocycles. The predicted octanol–water partition coefficient (Wildman–Crippen LogP) is 3.89. The van der Waals surface area contributed by atoms with Crippen LogP contribution in [0, 0.1) is 0 Å². The molecule has 0 radical (unpaired) electrons. The number of aryl methyl sites for hydroxylation is 2. The smallest absolute Gasteiger partial charge is 0.133 e. The molecule has 21 heavy (non-hydrogen) atoms. The lowest BCUT2D eigenvalue weighted by molar-refractivity contribution is 0.387. The lowest BCUT2D eigenvalue weighted by atomic mass is 9.90. The number of methoxy groups -OCH3 is 1. The van der Waals surface area contributed by atoms with Gasteiger partial charge >= 0.3 is 0 Å². The normalized spacial score (nSPS) is 17.6. The van der Waals surface area contributed by atoms with Gasteiger partial charge in [-0.05, 0) is 18.6 Å². The van der Waals surface area contributed by atoms with E-state index in [2.05, 4.69) is 21.7 Å². The van der Waals surface area contributed by atoms with E-state index in [0.717, 1.165) is 48.8 Å². The summed E-state index contributed by atoms with van der Waals surface area (Å²) in [6.45, 7) is 2.91. The third-order valence-electron chi connectivity index (χ3n) is 4.06. The van der Waals surface area contributed by atoms with Crippen molar-refractivity contribution in [1.29, 1.82) is 0 Å². The van der Waals surface area contributed by atoms with Crippen molar-refractivity contribution in [3.05, 3.63) is 39.4 Å². The molecular formula is C15H17Cl2N3O. The predicted molar refractivity (Wildman–Crippen MR) is 83.5 cm³/mol. The van der Waals surface area contributed by atoms with Crippen molar-refractivity contribution >= 4 is 23.2 Å². The molecule has 0 N–H and O–H groups in total. The summed E-state index contributed by atoms with van der Waals surface area (Å²) < 4.78 is 7.68. The van der Waals surface area contributed by atoms with Crippen LogP contribution in [0.2, 0.25) is 10.0 Å². The number of halogens is 2. The third kappa shape index (κ3) is 2.51. The van der Waals surface area contributed by atoms with Gasteiger partial charge < -0.3 is 9.30 Å². The Morgan fingerprint density at radius 3 is 2.86 bits per heavy atom. The van der Waals surface area contributed by atoms with Crippen molar-refractivity contribution in [2.45, 2.75) is 38.6 Å². The molecule has 1 aliphatic rings. The van der Waals surface area contributed by atoms with Crippen LogP contribution in [0.25, 0.3) is 0 Å². The van der Waals surface area contributed by atoms with Crippen LogP contribution in [0.5, 0.6) is 5.75 Å². The van der Waals surface area contributed by atoms with Gasteiger partial charge in [-0.2, -0.15) is 0 Å². The summed E-state index contributed by atoms with van der Waals surface area (Å²) in [5.41, 5.74) is 0.994. The molecule has 1 aliphatic heterocycles. The number of aromatic nitrogens is 3. The molecule has 1 aromatic carbocycles. The van der Waals surface area contributed by atoms with Crippen LogP contribution in [-0.2, 0) is 19.4 Å². The molecule has 3 rings (SSSR count). The van der Waals surface area contributed by atoms with Gasteiger partial charge in [0.1, 0.15) is 17.4 Å². The van der Waals surface area contributed by atoms with Crippen molar-refractivity contribution in [3.8, 4) is 5.75 Å². The number of ether oxygens (including phenoxy) is 1. The van der Waals surface area contributed by atoms with Gasteiger partial charge in [0.05, 0.1) is 17.2 Å². The van der Waals surface area contributed by atoms with Crippen LogP contribution in [-0.4, -0.2) is 21.9 Å². The minimum atomic E-state index is 0.264. The summed E-state index contributed by atoms with van der Waals surface area (Å²) in [5.74, 6) is 3.14. The van der Waals surface area contributed by atoms with E-state index >= 15 is 0 Å². The fraction of sp³-hybridized carbons (Fsp3) is 0.467. The largest absolute Gasteiger partial charge is 0.496 e. The fourth-order valence-electron chi connectivity index (χ4n) is 2.99. The molecule has 0 saturated heterocycles. The Labute approximate surface area is 134 Å². The standard InChI is InChI=1S/C15H17Cl2N3O/c1-3-12-18-19-13-7-4-9(8-20(12)13)14-11(21-2)6-5-10(16)15(14)17/h5-6,9H,3-4,7-8H2,1-2H3. The first-order valence-corrected chi connectivity index (χ1v) is 7.84. The first-order chi connectivity index (χ1) is 10.2. The van der Waals surface area contributed by atoms with Crippen LogP contribution in [0.15, 0.2) is 12.1 Å². The Hall–Kier alpha value is -1.26. The Kier molecular flexibility index (Phi) is 4.09. The molecule has 1 aromatic heterocycles. The minimum absolute atomic E-state index is 0.264. The highest BCUT2D eigenvalue weighted by atomic mass is 35.5. The summed E-state index contributed by atoms with van der Waals surface area (Å²) in [4.78, 5) is 0. The monoisotopic (exact) mass is 325 g/mol. The van der Waals surface area contributed by atoms with Crippen LogP contribution < -0.4 is 4.74 Å². The molecule has 0 saturated carbocycles. The molecule has 0 fully saturated rings. The number of nitrogens with zero attached hydrogens (tertiary/aromatic N) is 3. The zero-order valence-electron chi connectivity index (χ0n) is 12.1. The minimum Gasteiger partial charge on any atom is -0.496 e. The van der Waals surface area contributed by atoms with Gasteiger partial charge in [0.2, 0.25) is 0 Å². The summed E-state index contributed by atoms with van der Waals surface area (Å²) in [6.07, 6.45) is 2.74. The highest BCUT2D eigenvalue weighted by Crippen LogP contribution is 2.42. The lowest BCUT2D eigenvalue weighted by Crippen LogP contribution is -2.21. The first-order valence-electron chi connectivity index (χ1n) is 7.08. The van der Waals surface area contributed by atoms with E-state index in [1.54, 1.807) is 13.2 Å². The summed E-state index contributed by atoms with van der Waals surface area (Å²) in [7, 11) is 1.66. The van der Waals surface area contributed by atoms with E-state index in [9.17, 15) is 0 Å². The van der Waals surface area contributed by atoms with Crippen LogP contribution >= 0.6 is 23.2 Å². The maximum atomic E-state index is 6.43. The van der Waals surface area contributed by atoms with Gasteiger partial charge in [0.15, 0.2) is 0 Å². The molecule has 2 heterocycles. The molecule has 6 heteroatoms. The van der Waals surface area contributed by atoms with Gasteiger partial charge in [-0.15, -0.1) is 10.2 Å². The summed E-state index contributed by atoms with van der Waals surface area (Å²) in [5, 5.41) is 9.67. The first kappa shape index (κ1) is 14.7. The van der Waals surface area contributed by atoms with E-state index < -0.39 is 0 Å². The molecule has 1 unspecified atom stereocenters. The Balaban J connectivity index is 2.01. The SMILES string of the molecule is CCc1nnc2n1CC(c1c(OC)ccc(Cl)c1Cl)CC2. The van der Waals surface area contributed by atoms with Crippen molar-refractivity contribution < 1.29 is 4.74 Å². The molecule has 112 valence electrons. The van der Waals surface area contributed by atoms with Crippen molar-refractivity contribution in [2.75, 3.05) is 7.11 Å². The van der Waals surface area contributed by atoms with Crippen molar-refractivity contribution in [2.24, 2.45) is 0 Å². The van der Waals surface area contributed by atoms with Gasteiger partial charge in [-0.25, -0.2) is 0 Å². The topological polar surface area (TPSA) is 39.9 Å². The van der Waals surface area contributed by atoms with Crippen molar-refractivity contribution in [1.82, 2.24) is 14.8 Å². The van der Waals surface area contributed by atoms with Crippen LogP contribution in [0.4, 0.5) is 0 Å². The zero-order chi connectivity index (χ0) is 15.0. The van der Waals surface area contributed by atoms with Crippen LogP contribution in [0.3, 0.4) is 0 Å². The second-order valence-corrected chi connectivity index (χ2v) is 5.99. The van der Waals surface area contributed by atoms with E-state index in [1.807, 2.05) is 6.07 Å². The highest BCUT2D eigenvalue weighted by molar-refractivity contribution is 6.42. The zero-order valence-corrected chi connectivity index (χ0v) is 13.6. The molecule has 2 aromatic rings. The maximum absolute atomic E-state index is 6.43. The van der Waals surface area contributed by atoms with Crippen molar-refractivity contribution in [3.63, 3.8) is 0 Å². The Bertz CT molecular complexity index is 656. The maximum Gasteiger partial charge on any atom is 0.133 e. The average molecular weight is 326 g/mol. The van der Waals surface area contributed by atoms with E-state index in [-0.39, 0.29) is 5.92 Å². The fourth-order valence-corrected chi connectivity index (χ4v) is 3.46. The quantitative estimate of drug-likeness (QED) is 0.859. The summed E-state index contributed by atoms with van der Waals surface area (Å²) >= 11 is 12.6. The third-order valence-corrected chi connectivity index (χ3v) is 4.88. The molecule has 0 bridgehead atoms. The second-order valence-electron chi connectivity index (χ2n) is 5.21. The van der Waals surface area contributed by atoms with E-state index in [1.165, 1.54) is 0 Å². The molecule has 4 nitrogen and oxygen atoms in total. The van der Waals surface area contributed by atoms with E-state index in [0.29, 0.717) is 10.0 Å². The Morgan fingerprint density at radius 1 is 1.33 bits per heavy atom. The number of fused-ring (bicyclic) bond motifs is 1. The van der Waals surface area contributed by atoms with Gasteiger partial charge in [0.25, 0.3) is 0 Å². The molecular weight excluding hydrogens is 309 g/mol.